The second-order valence-corrected chi connectivity index (χ2v) is 14.3. The maximum atomic E-state index is 7.23. The Bertz CT molecular complexity index is 2890. The van der Waals surface area contributed by atoms with Crippen LogP contribution in [0.1, 0.15) is 27.7 Å². The molecule has 1 fully saturated rings. The topological polar surface area (TPSA) is 158 Å². The third kappa shape index (κ3) is 8.45. The second kappa shape index (κ2) is 17.3. The first-order valence-corrected chi connectivity index (χ1v) is 18.7. The highest BCUT2D eigenvalue weighted by Crippen LogP contribution is 2.36. The van der Waals surface area contributed by atoms with Crippen LogP contribution >= 0.6 is 11.6 Å². The lowest BCUT2D eigenvalue weighted by molar-refractivity contribution is 0.00578. The van der Waals surface area contributed by atoms with Gasteiger partial charge in [-0.05, 0) is 76.2 Å². The highest BCUT2D eigenvalue weighted by molar-refractivity contribution is 6.61. The van der Waals surface area contributed by atoms with E-state index in [1.54, 1.807) is 56.9 Å². The van der Waals surface area contributed by atoms with Crippen molar-refractivity contribution in [3.05, 3.63) is 138 Å². The van der Waals surface area contributed by atoms with Gasteiger partial charge in [-0.1, -0.05) is 47.1 Å². The molecule has 1 aliphatic heterocycles. The van der Waals surface area contributed by atoms with E-state index in [1.807, 2.05) is 82.3 Å². The number of fused-ring (bicyclic) bond motifs is 2. The molecule has 0 bridgehead atoms. The quantitative estimate of drug-likeness (QED) is 0.0913. The number of hydrogen-bond donors (Lipinski definition) is 0. The summed E-state index contributed by atoms with van der Waals surface area (Å²) in [5.41, 5.74) is 5.57. The van der Waals surface area contributed by atoms with Gasteiger partial charge in [0.05, 0.1) is 54.8 Å². The van der Waals surface area contributed by atoms with Crippen molar-refractivity contribution in [3.8, 4) is 45.7 Å². The van der Waals surface area contributed by atoms with Gasteiger partial charge in [-0.3, -0.25) is 4.98 Å². The van der Waals surface area contributed by atoms with Crippen LogP contribution in [0, 0.1) is 13.1 Å². The van der Waals surface area contributed by atoms with Crippen molar-refractivity contribution in [2.75, 3.05) is 14.2 Å². The van der Waals surface area contributed by atoms with Gasteiger partial charge in [0.2, 0.25) is 23.1 Å². The average Bonchev–Trinajstić information content (AvgIpc) is 3.95. The molecule has 9 heterocycles. The number of methoxy groups -OCH3 is 2. The van der Waals surface area contributed by atoms with Gasteiger partial charge in [-0.15, -0.1) is 9.03 Å². The maximum Gasteiger partial charge on any atom is 0.514 e. The van der Waals surface area contributed by atoms with Crippen LogP contribution in [-0.4, -0.2) is 81.7 Å². The van der Waals surface area contributed by atoms with Crippen LogP contribution in [-0.2, 0) is 9.31 Å². The van der Waals surface area contributed by atoms with Gasteiger partial charge < -0.3 is 28.5 Å². The van der Waals surface area contributed by atoms with Gasteiger partial charge in [-0.25, -0.2) is 24.9 Å². The van der Waals surface area contributed by atoms with Crippen LogP contribution in [0.3, 0.4) is 0 Å². The van der Waals surface area contributed by atoms with Crippen LogP contribution in [0.4, 0.5) is 11.6 Å². The zero-order chi connectivity index (χ0) is 42.4. The summed E-state index contributed by atoms with van der Waals surface area (Å²) in [5, 5.41) is 9.28. The molecule has 0 N–H and O–H groups in total. The Morgan fingerprint density at radius 1 is 0.617 bits per heavy atom. The van der Waals surface area contributed by atoms with E-state index in [0.29, 0.717) is 62.6 Å². The number of imidazole rings is 2. The zero-order valence-corrected chi connectivity index (χ0v) is 34.1. The molecule has 0 aromatic carbocycles. The molecule has 8 aromatic heterocycles. The normalized spacial score (nSPS) is 13.7. The Kier molecular flexibility index (Phi) is 11.8. The van der Waals surface area contributed by atoms with Crippen molar-refractivity contribution in [2.24, 2.45) is 0 Å². The molecule has 60 heavy (non-hydrogen) atoms. The summed E-state index contributed by atoms with van der Waals surface area (Å²) in [6.07, 6.45) is 6.32. The Labute approximate surface area is 350 Å². The molecule has 16 nitrogen and oxygen atoms in total. The number of hydrogen-bond acceptors (Lipinski definition) is 12. The van der Waals surface area contributed by atoms with Crippen molar-refractivity contribution < 1.29 is 18.8 Å². The maximum absolute atomic E-state index is 7.23. The SMILES string of the molecule is COc1cccc(B2OC(C)(C)C(C)(C)O2)n1.[C-]#[N+]c1cnc2ccc(-c3cccnc3-c3cccc(OC)n3)nn12.[C-]#[N+]c1cnc2ccc(-c3cccnc3Cl)nn12. The third-order valence-electron chi connectivity index (χ3n) is 9.66. The number of rotatable bonds is 6. The molecular formula is C42H36BClN12O4. The van der Waals surface area contributed by atoms with Gasteiger partial charge >= 0.3 is 7.12 Å². The monoisotopic (exact) mass is 818 g/mol. The van der Waals surface area contributed by atoms with Crippen LogP contribution < -0.4 is 15.1 Å². The number of halogens is 1. The average molecular weight is 819 g/mol. The molecule has 0 amide bonds. The summed E-state index contributed by atoms with van der Waals surface area (Å²) in [6, 6.07) is 25.7. The first kappa shape index (κ1) is 40.9. The van der Waals surface area contributed by atoms with Crippen LogP contribution in [0.15, 0.2) is 110 Å². The van der Waals surface area contributed by atoms with Crippen molar-refractivity contribution in [1.29, 1.82) is 0 Å². The molecule has 9 rings (SSSR count). The zero-order valence-electron chi connectivity index (χ0n) is 33.3. The van der Waals surface area contributed by atoms with Crippen molar-refractivity contribution in [2.45, 2.75) is 38.9 Å². The Hall–Kier alpha value is -7.31. The molecule has 0 radical (unpaired) electrons. The number of aromatic nitrogens is 10. The summed E-state index contributed by atoms with van der Waals surface area (Å²) >= 11 is 6.02. The molecule has 0 saturated carbocycles. The van der Waals surface area contributed by atoms with Crippen molar-refractivity contribution in [1.82, 2.24) is 49.1 Å². The first-order chi connectivity index (χ1) is 28.9. The van der Waals surface area contributed by atoms with Crippen molar-refractivity contribution >= 4 is 47.2 Å². The molecule has 1 aliphatic rings. The fourth-order valence-electron chi connectivity index (χ4n) is 5.86. The minimum atomic E-state index is -0.435. The molecule has 298 valence electrons. The standard InChI is InChI=1S/C18H12N6O.C12H18BNO3.C12H6ClN5/c1-19-16-11-21-15-9-8-13(23-24(15)16)12-5-4-10-20-18(12)14-6-3-7-17(22-14)25-2;1-11(2)12(3,4)17-13(16-11)9-7-6-8-10(14-9)15-5;1-14-11-7-16-10-5-4-9(17-18(10)11)8-3-2-6-15-12(8)13/h3-11H,2H3;6-8H,1-5H3;2-7H. The van der Waals surface area contributed by atoms with E-state index in [-0.39, 0.29) is 11.2 Å². The summed E-state index contributed by atoms with van der Waals surface area (Å²) in [5.74, 6) is 1.81. The van der Waals surface area contributed by atoms with E-state index >= 15 is 0 Å². The lowest BCUT2D eigenvalue weighted by Crippen LogP contribution is -2.41. The number of pyridine rings is 4. The highest BCUT2D eigenvalue weighted by Gasteiger charge is 2.52. The first-order valence-electron chi connectivity index (χ1n) is 18.3. The third-order valence-corrected chi connectivity index (χ3v) is 9.96. The molecule has 8 aromatic rings. The Morgan fingerprint density at radius 3 is 1.72 bits per heavy atom. The molecular weight excluding hydrogens is 783 g/mol. The van der Waals surface area contributed by atoms with E-state index in [4.69, 9.17) is 43.5 Å². The fourth-order valence-corrected chi connectivity index (χ4v) is 6.07. The molecule has 0 aliphatic carbocycles. The summed E-state index contributed by atoms with van der Waals surface area (Å²) in [6.45, 7) is 22.4. The predicted octanol–water partition coefficient (Wildman–Crippen LogP) is 7.80. The van der Waals surface area contributed by atoms with E-state index in [2.05, 4.69) is 49.8 Å². The summed E-state index contributed by atoms with van der Waals surface area (Å²) < 4.78 is 25.1. The van der Waals surface area contributed by atoms with E-state index in [0.717, 1.165) is 16.7 Å². The smallest absolute Gasteiger partial charge is 0.481 e. The molecule has 18 heteroatoms. The fraction of sp³-hybridized carbons (Fsp3) is 0.190. The lowest BCUT2D eigenvalue weighted by atomic mass is 9.84. The number of ether oxygens (including phenoxy) is 2. The van der Waals surface area contributed by atoms with Crippen LogP contribution in [0.25, 0.3) is 54.9 Å². The van der Waals surface area contributed by atoms with E-state index < -0.39 is 7.12 Å². The van der Waals surface area contributed by atoms with E-state index in [9.17, 15) is 0 Å². The molecule has 0 spiro atoms. The Balaban J connectivity index is 0.000000140. The van der Waals surface area contributed by atoms with Crippen molar-refractivity contribution in [3.63, 3.8) is 0 Å². The lowest BCUT2D eigenvalue weighted by Gasteiger charge is -2.32. The highest BCUT2D eigenvalue weighted by atomic mass is 35.5. The van der Waals surface area contributed by atoms with Crippen LogP contribution in [0.5, 0.6) is 11.8 Å². The predicted molar refractivity (Wildman–Crippen MR) is 226 cm³/mol. The van der Waals surface area contributed by atoms with Gasteiger partial charge in [0.25, 0.3) is 11.6 Å². The van der Waals surface area contributed by atoms with Gasteiger partial charge in [0.15, 0.2) is 0 Å². The molecule has 0 unspecified atom stereocenters. The number of nitrogens with zero attached hydrogens (tertiary/aromatic N) is 12. The van der Waals surface area contributed by atoms with Gasteiger partial charge in [-0.2, -0.15) is 0 Å². The van der Waals surface area contributed by atoms with Gasteiger partial charge in [0, 0.05) is 47.8 Å². The summed E-state index contributed by atoms with van der Waals surface area (Å²) in [4.78, 5) is 32.3. The van der Waals surface area contributed by atoms with E-state index in [1.165, 1.54) is 21.4 Å². The molecule has 1 saturated heterocycles. The largest absolute Gasteiger partial charge is 0.514 e. The van der Waals surface area contributed by atoms with Gasteiger partial charge in [0.1, 0.15) is 16.5 Å². The summed E-state index contributed by atoms with van der Waals surface area (Å²) in [7, 11) is 2.73. The molecule has 0 atom stereocenters. The van der Waals surface area contributed by atoms with Crippen LogP contribution in [0.2, 0.25) is 5.15 Å². The minimum Gasteiger partial charge on any atom is -0.481 e. The second-order valence-electron chi connectivity index (χ2n) is 13.9. The Morgan fingerprint density at radius 2 is 1.15 bits per heavy atom. The minimum absolute atomic E-state index is 0.345.